The average Bonchev–Trinajstić information content (AvgIpc) is 3.10. The smallest absolute Gasteiger partial charge is 0.251 e. The number of carbonyl (C=O) groups excluding carboxylic acids is 1. The highest BCUT2D eigenvalue weighted by Gasteiger charge is 2.37. The minimum Gasteiger partial charge on any atom is -0.492 e. The molecule has 154 valence electrons. The molecule has 3 nitrogen and oxygen atoms in total. The van der Waals surface area contributed by atoms with Crippen LogP contribution in [-0.2, 0) is 11.8 Å². The molecule has 1 N–H and O–H groups in total. The summed E-state index contributed by atoms with van der Waals surface area (Å²) in [5.74, 6) is 0.880. The predicted molar refractivity (Wildman–Crippen MR) is 121 cm³/mol. The van der Waals surface area contributed by atoms with E-state index in [0.717, 1.165) is 25.0 Å². The largest absolute Gasteiger partial charge is 0.492 e. The number of rotatable bonds is 4. The van der Waals surface area contributed by atoms with Crippen LogP contribution < -0.4 is 10.1 Å². The number of hydrogen-bond donors (Lipinski definition) is 1. The van der Waals surface area contributed by atoms with Crippen LogP contribution in [0.15, 0.2) is 60.7 Å². The highest BCUT2D eigenvalue weighted by atomic mass is 16.5. The third-order valence-electron chi connectivity index (χ3n) is 6.84. The summed E-state index contributed by atoms with van der Waals surface area (Å²) in [6.07, 6.45) is 6.81. The standard InChI is InChI=1S/C27H29NO2/c1-27(17-21-10-7-9-19-8-5-6-13-23(19)21)18-30-25-16-20(14-15-24(25)27)26(29)28-22-11-3-2-4-12-22/h5-10,13-16,22H,2-4,11-12,17-18H2,1H3,(H,28,29). The third kappa shape index (κ3) is 3.58. The molecule has 1 aliphatic heterocycles. The molecule has 0 radical (unpaired) electrons. The third-order valence-corrected chi connectivity index (χ3v) is 6.84. The van der Waals surface area contributed by atoms with Crippen LogP contribution in [0.25, 0.3) is 10.8 Å². The Hall–Kier alpha value is -2.81. The molecule has 3 aromatic carbocycles. The van der Waals surface area contributed by atoms with Crippen LogP contribution in [-0.4, -0.2) is 18.6 Å². The van der Waals surface area contributed by atoms with Crippen LogP contribution in [0.5, 0.6) is 5.75 Å². The minimum atomic E-state index is -0.0994. The molecule has 3 heteroatoms. The number of carbonyl (C=O) groups is 1. The fourth-order valence-electron chi connectivity index (χ4n) is 5.13. The number of nitrogens with one attached hydrogen (secondary N) is 1. The maximum absolute atomic E-state index is 12.7. The molecule has 1 heterocycles. The van der Waals surface area contributed by atoms with Gasteiger partial charge in [-0.15, -0.1) is 0 Å². The van der Waals surface area contributed by atoms with Crippen LogP contribution in [0.3, 0.4) is 0 Å². The summed E-state index contributed by atoms with van der Waals surface area (Å²) in [4.78, 5) is 12.7. The molecular formula is C27H29NO2. The summed E-state index contributed by atoms with van der Waals surface area (Å²) in [5, 5.41) is 5.79. The van der Waals surface area contributed by atoms with Crippen LogP contribution in [0.1, 0.15) is 60.5 Å². The van der Waals surface area contributed by atoms with Gasteiger partial charge in [-0.05, 0) is 47.7 Å². The van der Waals surface area contributed by atoms with Crippen molar-refractivity contribution in [3.63, 3.8) is 0 Å². The SMILES string of the molecule is CC1(Cc2cccc3ccccc23)COc2cc(C(=O)NC3CCCCC3)ccc21. The van der Waals surface area contributed by atoms with E-state index in [9.17, 15) is 4.79 Å². The first-order chi connectivity index (χ1) is 14.6. The van der Waals surface area contributed by atoms with Crippen molar-refractivity contribution in [3.8, 4) is 5.75 Å². The second-order valence-corrected chi connectivity index (χ2v) is 9.18. The molecule has 0 spiro atoms. The Morgan fingerprint density at radius 1 is 1.03 bits per heavy atom. The molecule has 0 bridgehead atoms. The van der Waals surface area contributed by atoms with Crippen molar-refractivity contribution in [1.29, 1.82) is 0 Å². The summed E-state index contributed by atoms with van der Waals surface area (Å²) in [7, 11) is 0. The second kappa shape index (κ2) is 7.79. The molecule has 1 saturated carbocycles. The Balaban J connectivity index is 1.38. The van der Waals surface area contributed by atoms with E-state index in [1.165, 1.54) is 41.2 Å². The Morgan fingerprint density at radius 3 is 2.70 bits per heavy atom. The highest BCUT2D eigenvalue weighted by molar-refractivity contribution is 5.95. The van der Waals surface area contributed by atoms with Gasteiger partial charge in [-0.1, -0.05) is 74.7 Å². The summed E-state index contributed by atoms with van der Waals surface area (Å²) in [6, 6.07) is 21.4. The molecule has 5 rings (SSSR count). The first-order valence-corrected chi connectivity index (χ1v) is 11.2. The van der Waals surface area contributed by atoms with Gasteiger partial charge in [0, 0.05) is 22.6 Å². The molecule has 1 aliphatic carbocycles. The van der Waals surface area contributed by atoms with Gasteiger partial charge in [0.2, 0.25) is 0 Å². The minimum absolute atomic E-state index is 0.0240. The van der Waals surface area contributed by atoms with Crippen molar-refractivity contribution >= 4 is 16.7 Å². The first kappa shape index (κ1) is 19.2. The van der Waals surface area contributed by atoms with Crippen LogP contribution in [0, 0.1) is 0 Å². The first-order valence-electron chi connectivity index (χ1n) is 11.2. The lowest BCUT2D eigenvalue weighted by molar-refractivity contribution is 0.0927. The van der Waals surface area contributed by atoms with Crippen molar-refractivity contribution < 1.29 is 9.53 Å². The molecule has 1 fully saturated rings. The lowest BCUT2D eigenvalue weighted by atomic mass is 9.78. The summed E-state index contributed by atoms with van der Waals surface area (Å²) in [5.41, 5.74) is 3.14. The lowest BCUT2D eigenvalue weighted by Gasteiger charge is -2.24. The van der Waals surface area contributed by atoms with Gasteiger partial charge in [-0.3, -0.25) is 4.79 Å². The lowest BCUT2D eigenvalue weighted by Crippen LogP contribution is -2.36. The Kier molecular flexibility index (Phi) is 4.98. The molecule has 3 aromatic rings. The second-order valence-electron chi connectivity index (χ2n) is 9.18. The van der Waals surface area contributed by atoms with Crippen LogP contribution in [0.2, 0.25) is 0 Å². The molecule has 2 aliphatic rings. The van der Waals surface area contributed by atoms with Crippen molar-refractivity contribution in [2.45, 2.75) is 56.9 Å². The van der Waals surface area contributed by atoms with Crippen molar-refractivity contribution in [2.24, 2.45) is 0 Å². The van der Waals surface area contributed by atoms with Gasteiger partial charge in [0.1, 0.15) is 5.75 Å². The maximum atomic E-state index is 12.7. The van der Waals surface area contributed by atoms with Gasteiger partial charge in [-0.2, -0.15) is 0 Å². The zero-order valence-corrected chi connectivity index (χ0v) is 17.6. The Bertz CT molecular complexity index is 1080. The summed E-state index contributed by atoms with van der Waals surface area (Å²) in [6.45, 7) is 2.90. The van der Waals surface area contributed by atoms with Crippen molar-refractivity contribution in [1.82, 2.24) is 5.32 Å². The van der Waals surface area contributed by atoms with Crippen molar-refractivity contribution in [2.75, 3.05) is 6.61 Å². The van der Waals surface area contributed by atoms with Crippen LogP contribution in [0.4, 0.5) is 0 Å². The summed E-state index contributed by atoms with van der Waals surface area (Å²) < 4.78 is 6.10. The number of fused-ring (bicyclic) bond motifs is 2. The van der Waals surface area contributed by atoms with E-state index in [2.05, 4.69) is 60.8 Å². The van der Waals surface area contributed by atoms with E-state index in [4.69, 9.17) is 4.74 Å². The van der Waals surface area contributed by atoms with Gasteiger partial charge in [0.05, 0.1) is 6.61 Å². The molecule has 0 saturated heterocycles. The van der Waals surface area contributed by atoms with Crippen LogP contribution >= 0.6 is 0 Å². The fraction of sp³-hybridized carbons (Fsp3) is 0.370. The van der Waals surface area contributed by atoms with E-state index >= 15 is 0 Å². The predicted octanol–water partition coefficient (Wildman–Crippen LogP) is 5.80. The fourth-order valence-corrected chi connectivity index (χ4v) is 5.13. The number of hydrogen-bond acceptors (Lipinski definition) is 2. The number of ether oxygens (including phenoxy) is 1. The molecule has 0 aromatic heterocycles. The highest BCUT2D eigenvalue weighted by Crippen LogP contribution is 2.42. The molecule has 1 amide bonds. The normalized spacial score (nSPS) is 21.2. The van der Waals surface area contributed by atoms with Gasteiger partial charge in [-0.25, -0.2) is 0 Å². The molecular weight excluding hydrogens is 370 g/mol. The van der Waals surface area contributed by atoms with E-state index in [-0.39, 0.29) is 11.3 Å². The average molecular weight is 400 g/mol. The van der Waals surface area contributed by atoms with E-state index < -0.39 is 0 Å². The molecule has 30 heavy (non-hydrogen) atoms. The van der Waals surface area contributed by atoms with E-state index in [1.807, 2.05) is 12.1 Å². The van der Waals surface area contributed by atoms with Gasteiger partial charge in [0.25, 0.3) is 5.91 Å². The van der Waals surface area contributed by atoms with Gasteiger partial charge < -0.3 is 10.1 Å². The van der Waals surface area contributed by atoms with Gasteiger partial charge in [0.15, 0.2) is 0 Å². The quantitative estimate of drug-likeness (QED) is 0.602. The molecule has 1 unspecified atom stereocenters. The zero-order chi connectivity index (χ0) is 20.6. The number of amides is 1. The van der Waals surface area contributed by atoms with E-state index in [1.54, 1.807) is 0 Å². The van der Waals surface area contributed by atoms with Crippen molar-refractivity contribution in [3.05, 3.63) is 77.4 Å². The molecule has 1 atom stereocenters. The zero-order valence-electron chi connectivity index (χ0n) is 17.6. The summed E-state index contributed by atoms with van der Waals surface area (Å²) >= 11 is 0. The monoisotopic (exact) mass is 399 g/mol. The van der Waals surface area contributed by atoms with E-state index in [0.29, 0.717) is 18.2 Å². The Labute approximate surface area is 178 Å². The maximum Gasteiger partial charge on any atom is 0.251 e. The number of benzene rings is 3. The topological polar surface area (TPSA) is 38.3 Å². The Morgan fingerprint density at radius 2 is 1.83 bits per heavy atom. The van der Waals surface area contributed by atoms with Gasteiger partial charge >= 0.3 is 0 Å².